The van der Waals surface area contributed by atoms with Crippen molar-refractivity contribution in [1.29, 1.82) is 0 Å². The van der Waals surface area contributed by atoms with Crippen LogP contribution in [0.1, 0.15) is 17.4 Å². The average Bonchev–Trinajstić information content (AvgIpc) is 2.48. The van der Waals surface area contributed by atoms with E-state index < -0.39 is 10.0 Å². The van der Waals surface area contributed by atoms with Crippen LogP contribution in [-0.4, -0.2) is 22.0 Å². The fraction of sp³-hybridized carbons (Fsp3) is 0.556. The number of aryl methyl sites for hydroxylation is 1. The van der Waals surface area contributed by atoms with Gasteiger partial charge in [0.25, 0.3) is 0 Å². The molecule has 0 unspecified atom stereocenters. The first kappa shape index (κ1) is 12.6. The van der Waals surface area contributed by atoms with Crippen LogP contribution < -0.4 is 10.0 Å². The molecule has 0 aromatic carbocycles. The number of hydrogen-bond acceptors (Lipinski definition) is 4. The SMILES string of the molecule is CCNS(=O)(=O)c1c(C)csc1CNC. The summed E-state index contributed by atoms with van der Waals surface area (Å²) < 4.78 is 26.3. The fourth-order valence-corrected chi connectivity index (χ4v) is 4.25. The normalized spacial score (nSPS) is 11.9. The van der Waals surface area contributed by atoms with Crippen molar-refractivity contribution in [3.05, 3.63) is 15.8 Å². The van der Waals surface area contributed by atoms with Crippen LogP contribution in [0.25, 0.3) is 0 Å². The average molecular weight is 248 g/mol. The van der Waals surface area contributed by atoms with Crippen molar-refractivity contribution in [2.75, 3.05) is 13.6 Å². The summed E-state index contributed by atoms with van der Waals surface area (Å²) in [4.78, 5) is 1.29. The van der Waals surface area contributed by atoms with Crippen LogP contribution in [0, 0.1) is 6.92 Å². The Balaban J connectivity index is 3.17. The Morgan fingerprint density at radius 3 is 2.67 bits per heavy atom. The van der Waals surface area contributed by atoms with Crippen LogP contribution in [0.4, 0.5) is 0 Å². The minimum atomic E-state index is -3.33. The van der Waals surface area contributed by atoms with E-state index in [0.717, 1.165) is 10.4 Å². The number of nitrogens with one attached hydrogen (secondary N) is 2. The summed E-state index contributed by atoms with van der Waals surface area (Å²) in [5, 5.41) is 4.84. The third-order valence-corrected chi connectivity index (χ3v) is 4.94. The second-order valence-corrected chi connectivity index (χ2v) is 5.87. The molecule has 2 N–H and O–H groups in total. The van der Waals surface area contributed by atoms with Crippen molar-refractivity contribution in [3.8, 4) is 0 Å². The zero-order valence-corrected chi connectivity index (χ0v) is 10.8. The van der Waals surface area contributed by atoms with Crippen molar-refractivity contribution in [2.45, 2.75) is 25.3 Å². The van der Waals surface area contributed by atoms with Gasteiger partial charge >= 0.3 is 0 Å². The van der Waals surface area contributed by atoms with Gasteiger partial charge in [0.05, 0.1) is 0 Å². The van der Waals surface area contributed by atoms with Crippen molar-refractivity contribution < 1.29 is 8.42 Å². The molecular formula is C9H16N2O2S2. The molecule has 0 spiro atoms. The van der Waals surface area contributed by atoms with E-state index in [2.05, 4.69) is 10.0 Å². The molecule has 1 heterocycles. The highest BCUT2D eigenvalue weighted by Gasteiger charge is 2.21. The van der Waals surface area contributed by atoms with Crippen molar-refractivity contribution in [1.82, 2.24) is 10.0 Å². The van der Waals surface area contributed by atoms with Crippen LogP contribution in [0.3, 0.4) is 0 Å². The predicted molar refractivity (Wildman–Crippen MR) is 62.7 cm³/mol. The van der Waals surface area contributed by atoms with Crippen LogP contribution in [0.15, 0.2) is 10.3 Å². The monoisotopic (exact) mass is 248 g/mol. The lowest BCUT2D eigenvalue weighted by Gasteiger charge is -2.07. The van der Waals surface area contributed by atoms with Crippen LogP contribution in [0.2, 0.25) is 0 Å². The summed E-state index contributed by atoms with van der Waals surface area (Å²) in [5.74, 6) is 0. The summed E-state index contributed by atoms with van der Waals surface area (Å²) in [6.45, 7) is 4.59. The first-order chi connectivity index (χ1) is 7.03. The van der Waals surface area contributed by atoms with Crippen LogP contribution in [0.5, 0.6) is 0 Å². The number of rotatable bonds is 5. The molecule has 0 aliphatic heterocycles. The van der Waals surface area contributed by atoms with Gasteiger partial charge in [0, 0.05) is 18.0 Å². The van der Waals surface area contributed by atoms with Gasteiger partial charge in [0.15, 0.2) is 0 Å². The van der Waals surface area contributed by atoms with E-state index in [0.29, 0.717) is 18.0 Å². The Morgan fingerprint density at radius 2 is 2.13 bits per heavy atom. The molecular weight excluding hydrogens is 232 g/mol. The van der Waals surface area contributed by atoms with Gasteiger partial charge in [-0.25, -0.2) is 13.1 Å². The van der Waals surface area contributed by atoms with E-state index >= 15 is 0 Å². The molecule has 1 aromatic heterocycles. The summed E-state index contributed by atoms with van der Waals surface area (Å²) in [6, 6.07) is 0. The quantitative estimate of drug-likeness (QED) is 0.819. The predicted octanol–water partition coefficient (Wildman–Crippen LogP) is 1.07. The highest BCUT2D eigenvalue weighted by atomic mass is 32.2. The molecule has 0 saturated carbocycles. The minimum absolute atomic E-state index is 0.413. The first-order valence-electron chi connectivity index (χ1n) is 4.74. The number of hydrogen-bond donors (Lipinski definition) is 2. The summed E-state index contributed by atoms with van der Waals surface area (Å²) in [7, 11) is -1.53. The maximum absolute atomic E-state index is 11.9. The Morgan fingerprint density at radius 1 is 1.47 bits per heavy atom. The van der Waals surface area contributed by atoms with Crippen molar-refractivity contribution >= 4 is 21.4 Å². The van der Waals surface area contributed by atoms with Gasteiger partial charge in [-0.3, -0.25) is 0 Å². The largest absolute Gasteiger partial charge is 0.315 e. The van der Waals surface area contributed by atoms with E-state index in [1.807, 2.05) is 12.3 Å². The van der Waals surface area contributed by atoms with Gasteiger partial charge in [-0.2, -0.15) is 0 Å². The molecule has 1 rings (SSSR count). The molecule has 0 bridgehead atoms. The zero-order chi connectivity index (χ0) is 11.5. The topological polar surface area (TPSA) is 58.2 Å². The summed E-state index contributed by atoms with van der Waals surface area (Å²) in [5.41, 5.74) is 0.811. The van der Waals surface area contributed by atoms with E-state index in [1.165, 1.54) is 11.3 Å². The van der Waals surface area contributed by atoms with Crippen LogP contribution in [-0.2, 0) is 16.6 Å². The van der Waals surface area contributed by atoms with Gasteiger partial charge in [0.1, 0.15) is 4.90 Å². The Labute approximate surface area is 94.8 Å². The molecule has 0 fully saturated rings. The minimum Gasteiger partial charge on any atom is -0.315 e. The highest BCUT2D eigenvalue weighted by molar-refractivity contribution is 7.89. The molecule has 0 saturated heterocycles. The van der Waals surface area contributed by atoms with E-state index in [9.17, 15) is 8.42 Å². The molecule has 86 valence electrons. The van der Waals surface area contributed by atoms with Crippen molar-refractivity contribution in [3.63, 3.8) is 0 Å². The smallest absolute Gasteiger partial charge is 0.241 e. The molecule has 0 aliphatic rings. The highest BCUT2D eigenvalue weighted by Crippen LogP contribution is 2.26. The maximum atomic E-state index is 11.9. The Kier molecular flexibility index (Phi) is 4.27. The van der Waals surface area contributed by atoms with Gasteiger partial charge in [-0.1, -0.05) is 6.92 Å². The molecule has 0 atom stereocenters. The van der Waals surface area contributed by atoms with Crippen LogP contribution >= 0.6 is 11.3 Å². The molecule has 1 aromatic rings. The lowest BCUT2D eigenvalue weighted by Crippen LogP contribution is -2.24. The van der Waals surface area contributed by atoms with Gasteiger partial charge < -0.3 is 5.32 Å². The maximum Gasteiger partial charge on any atom is 0.241 e. The van der Waals surface area contributed by atoms with Gasteiger partial charge in [0.2, 0.25) is 10.0 Å². The number of thiophene rings is 1. The first-order valence-corrected chi connectivity index (χ1v) is 7.10. The summed E-state index contributed by atoms with van der Waals surface area (Å²) >= 11 is 1.47. The van der Waals surface area contributed by atoms with E-state index in [-0.39, 0.29) is 0 Å². The molecule has 0 aliphatic carbocycles. The van der Waals surface area contributed by atoms with Gasteiger partial charge in [-0.05, 0) is 24.9 Å². The molecule has 4 nitrogen and oxygen atoms in total. The Hall–Kier alpha value is -0.430. The zero-order valence-electron chi connectivity index (χ0n) is 9.12. The molecule has 6 heteroatoms. The second kappa shape index (κ2) is 5.07. The molecule has 0 radical (unpaired) electrons. The lowest BCUT2D eigenvalue weighted by molar-refractivity contribution is 0.582. The summed E-state index contributed by atoms with van der Waals surface area (Å²) in [6.07, 6.45) is 0. The molecule has 15 heavy (non-hydrogen) atoms. The molecule has 0 amide bonds. The fourth-order valence-electron chi connectivity index (χ4n) is 1.39. The lowest BCUT2D eigenvalue weighted by atomic mass is 10.3. The third kappa shape index (κ3) is 2.78. The van der Waals surface area contributed by atoms with Crippen molar-refractivity contribution in [2.24, 2.45) is 0 Å². The standard InChI is InChI=1S/C9H16N2O2S2/c1-4-11-15(12,13)9-7(2)6-14-8(9)5-10-3/h6,10-11H,4-5H2,1-3H3. The van der Waals surface area contributed by atoms with E-state index in [1.54, 1.807) is 14.0 Å². The second-order valence-electron chi connectivity index (χ2n) is 3.20. The van der Waals surface area contributed by atoms with E-state index in [4.69, 9.17) is 0 Å². The third-order valence-electron chi connectivity index (χ3n) is 1.93. The van der Waals surface area contributed by atoms with Gasteiger partial charge in [-0.15, -0.1) is 11.3 Å². The number of sulfonamides is 1. The Bertz CT molecular complexity index is 423.